The molecule has 18 heavy (non-hydrogen) atoms. The van der Waals surface area contributed by atoms with Gasteiger partial charge in [0.15, 0.2) is 5.82 Å². The van der Waals surface area contributed by atoms with Crippen molar-refractivity contribution >= 4 is 33.3 Å². The molecule has 1 radical (unpaired) electrons. The third-order valence-corrected chi connectivity index (χ3v) is 5.28. The molecule has 1 aromatic heterocycles. The zero-order chi connectivity index (χ0) is 13.5. The summed E-state index contributed by atoms with van der Waals surface area (Å²) >= 11 is 0. The van der Waals surface area contributed by atoms with Gasteiger partial charge in [-0.05, 0) is 25.2 Å². The van der Waals surface area contributed by atoms with Crippen LogP contribution in [0.25, 0.3) is 11.0 Å². The predicted octanol–water partition coefficient (Wildman–Crippen LogP) is 3.75. The van der Waals surface area contributed by atoms with Crippen LogP contribution in [0.3, 0.4) is 0 Å². The van der Waals surface area contributed by atoms with Crippen molar-refractivity contribution in [3.8, 4) is 5.75 Å². The SMILES string of the molecule is C[Si](C)Oc1cc2ccoc2c([Si](C)(C)C)c1F. The lowest BCUT2D eigenvalue weighted by atomic mass is 10.2. The third-order valence-electron chi connectivity index (χ3n) is 2.71. The average molecular weight is 281 g/mol. The first kappa shape index (κ1) is 13.4. The van der Waals surface area contributed by atoms with E-state index in [1.54, 1.807) is 12.3 Å². The van der Waals surface area contributed by atoms with Gasteiger partial charge in [0.05, 0.1) is 14.3 Å². The molecule has 0 saturated carbocycles. The number of hydrogen-bond acceptors (Lipinski definition) is 2. The van der Waals surface area contributed by atoms with Crippen LogP contribution in [0.4, 0.5) is 4.39 Å². The van der Waals surface area contributed by atoms with E-state index < -0.39 is 17.1 Å². The Hall–Kier alpha value is -1.08. The normalized spacial score (nSPS) is 12.4. The van der Waals surface area contributed by atoms with E-state index in [1.807, 2.05) is 19.2 Å². The molecule has 5 heteroatoms. The Labute approximate surface area is 109 Å². The second kappa shape index (κ2) is 4.55. The van der Waals surface area contributed by atoms with E-state index in [2.05, 4.69) is 19.6 Å². The van der Waals surface area contributed by atoms with Crippen LogP contribution in [0.1, 0.15) is 0 Å². The minimum atomic E-state index is -1.83. The van der Waals surface area contributed by atoms with Crippen molar-refractivity contribution in [2.45, 2.75) is 32.7 Å². The van der Waals surface area contributed by atoms with Gasteiger partial charge in [0.1, 0.15) is 11.3 Å². The fourth-order valence-electron chi connectivity index (χ4n) is 2.03. The summed E-state index contributed by atoms with van der Waals surface area (Å²) in [5, 5.41) is 1.65. The maximum atomic E-state index is 14.6. The molecule has 0 aliphatic carbocycles. The second-order valence-electron chi connectivity index (χ2n) is 5.66. The lowest BCUT2D eigenvalue weighted by Crippen LogP contribution is -2.40. The molecule has 2 rings (SSSR count). The molecule has 1 heterocycles. The van der Waals surface area contributed by atoms with Crippen molar-refractivity contribution in [2.24, 2.45) is 0 Å². The molecule has 0 unspecified atom stereocenters. The molecule has 0 N–H and O–H groups in total. The largest absolute Gasteiger partial charge is 0.541 e. The molecular weight excluding hydrogens is 263 g/mol. The van der Waals surface area contributed by atoms with Gasteiger partial charge in [-0.2, -0.15) is 0 Å². The summed E-state index contributed by atoms with van der Waals surface area (Å²) < 4.78 is 25.7. The van der Waals surface area contributed by atoms with Crippen LogP contribution in [0.15, 0.2) is 22.8 Å². The first-order valence-electron chi connectivity index (χ1n) is 5.99. The molecule has 0 atom stereocenters. The third kappa shape index (κ3) is 2.37. The van der Waals surface area contributed by atoms with Crippen LogP contribution in [0.5, 0.6) is 5.75 Å². The van der Waals surface area contributed by atoms with E-state index in [0.717, 1.165) is 10.6 Å². The Kier molecular flexibility index (Phi) is 3.38. The minimum absolute atomic E-state index is 0.234. The van der Waals surface area contributed by atoms with Crippen molar-refractivity contribution in [1.29, 1.82) is 0 Å². The molecule has 0 aliphatic heterocycles. The fourth-order valence-corrected chi connectivity index (χ4v) is 4.28. The number of furan rings is 1. The molecule has 1 aromatic carbocycles. The highest BCUT2D eigenvalue weighted by molar-refractivity contribution is 6.90. The standard InChI is InChI=1S/C13H18FO2Si2/c1-17(2)16-10-8-9-6-7-15-12(9)13(11(10)14)18(3,4)5/h6-8H,1-5H3. The lowest BCUT2D eigenvalue weighted by molar-refractivity contribution is 0.512. The van der Waals surface area contributed by atoms with Gasteiger partial charge in [0.25, 0.3) is 9.04 Å². The van der Waals surface area contributed by atoms with Gasteiger partial charge in [0.2, 0.25) is 0 Å². The van der Waals surface area contributed by atoms with Crippen molar-refractivity contribution in [3.63, 3.8) is 0 Å². The second-order valence-corrected chi connectivity index (χ2v) is 12.7. The van der Waals surface area contributed by atoms with Gasteiger partial charge in [0, 0.05) is 10.6 Å². The highest BCUT2D eigenvalue weighted by atomic mass is 28.3. The topological polar surface area (TPSA) is 22.4 Å². The van der Waals surface area contributed by atoms with E-state index in [-0.39, 0.29) is 5.82 Å². The predicted molar refractivity (Wildman–Crippen MR) is 77.3 cm³/mol. The zero-order valence-electron chi connectivity index (χ0n) is 11.4. The molecule has 2 nitrogen and oxygen atoms in total. The monoisotopic (exact) mass is 281 g/mol. The molecule has 0 aliphatic rings. The van der Waals surface area contributed by atoms with Gasteiger partial charge < -0.3 is 8.84 Å². The van der Waals surface area contributed by atoms with E-state index in [4.69, 9.17) is 8.84 Å². The van der Waals surface area contributed by atoms with Gasteiger partial charge in [-0.3, -0.25) is 0 Å². The summed E-state index contributed by atoms with van der Waals surface area (Å²) in [6.45, 7) is 10.3. The average Bonchev–Trinajstić information content (AvgIpc) is 2.62. The highest BCUT2D eigenvalue weighted by Gasteiger charge is 2.28. The first-order valence-corrected chi connectivity index (χ1v) is 11.9. The Morgan fingerprint density at radius 3 is 2.50 bits per heavy atom. The number of benzene rings is 1. The molecule has 0 fully saturated rings. The first-order chi connectivity index (χ1) is 8.30. The van der Waals surface area contributed by atoms with E-state index in [1.165, 1.54) is 0 Å². The van der Waals surface area contributed by atoms with Crippen molar-refractivity contribution in [2.75, 3.05) is 0 Å². The molecule has 97 valence electrons. The summed E-state index contributed by atoms with van der Waals surface area (Å²) in [5.41, 5.74) is 0.681. The summed E-state index contributed by atoms with van der Waals surface area (Å²) in [6.07, 6.45) is 1.61. The molecule has 0 spiro atoms. The van der Waals surface area contributed by atoms with Crippen LogP contribution in [0.2, 0.25) is 32.7 Å². The Balaban J connectivity index is 2.72. The van der Waals surface area contributed by atoms with Crippen LogP contribution in [0, 0.1) is 5.82 Å². The van der Waals surface area contributed by atoms with Crippen molar-refractivity contribution < 1.29 is 13.2 Å². The summed E-state index contributed by atoms with van der Waals surface area (Å²) in [7, 11) is -2.80. The van der Waals surface area contributed by atoms with Crippen molar-refractivity contribution in [3.05, 3.63) is 24.2 Å². The van der Waals surface area contributed by atoms with E-state index in [0.29, 0.717) is 11.3 Å². The molecule has 0 saturated heterocycles. The van der Waals surface area contributed by atoms with E-state index in [9.17, 15) is 4.39 Å². The van der Waals surface area contributed by atoms with Crippen LogP contribution < -0.4 is 9.61 Å². The Morgan fingerprint density at radius 2 is 1.94 bits per heavy atom. The minimum Gasteiger partial charge on any atom is -0.541 e. The fraction of sp³-hybridized carbons (Fsp3) is 0.385. The maximum absolute atomic E-state index is 14.6. The molecular formula is C13H18FO2Si2. The van der Waals surface area contributed by atoms with Crippen molar-refractivity contribution in [1.82, 2.24) is 0 Å². The lowest BCUT2D eigenvalue weighted by Gasteiger charge is -2.20. The maximum Gasteiger partial charge on any atom is 0.274 e. The summed E-state index contributed by atoms with van der Waals surface area (Å²) in [5.74, 6) is 0.142. The molecule has 2 aromatic rings. The number of halogens is 1. The number of rotatable bonds is 3. The van der Waals surface area contributed by atoms with Crippen LogP contribution in [-0.4, -0.2) is 17.1 Å². The number of hydrogen-bond donors (Lipinski definition) is 0. The van der Waals surface area contributed by atoms with Crippen LogP contribution in [-0.2, 0) is 0 Å². The summed E-state index contributed by atoms with van der Waals surface area (Å²) in [6, 6.07) is 3.61. The number of fused-ring (bicyclic) bond motifs is 1. The highest BCUT2D eigenvalue weighted by Crippen LogP contribution is 2.27. The Morgan fingerprint density at radius 1 is 1.28 bits per heavy atom. The van der Waals surface area contributed by atoms with E-state index >= 15 is 0 Å². The van der Waals surface area contributed by atoms with Gasteiger partial charge >= 0.3 is 0 Å². The van der Waals surface area contributed by atoms with Gasteiger partial charge in [-0.1, -0.05) is 19.6 Å². The quantitative estimate of drug-likeness (QED) is 0.800. The van der Waals surface area contributed by atoms with Crippen LogP contribution >= 0.6 is 0 Å². The van der Waals surface area contributed by atoms with Gasteiger partial charge in [-0.15, -0.1) is 0 Å². The molecule has 0 bridgehead atoms. The van der Waals surface area contributed by atoms with Gasteiger partial charge in [-0.25, -0.2) is 4.39 Å². The zero-order valence-corrected chi connectivity index (χ0v) is 13.4. The Bertz CT molecular complexity index is 570. The molecule has 0 amide bonds. The smallest absolute Gasteiger partial charge is 0.274 e. The summed E-state index contributed by atoms with van der Waals surface area (Å²) in [4.78, 5) is 0.